The number of imide groups is 1. The van der Waals surface area contributed by atoms with Crippen LogP contribution in [0.2, 0.25) is 0 Å². The molecule has 0 aromatic carbocycles. The number of nitrogens with zero attached hydrogens (tertiary/aromatic N) is 1. The van der Waals surface area contributed by atoms with Gasteiger partial charge in [-0.3, -0.25) is 14.5 Å². The summed E-state index contributed by atoms with van der Waals surface area (Å²) in [5.41, 5.74) is 0. The highest BCUT2D eigenvalue weighted by Gasteiger charge is 2.41. The molecule has 0 aromatic rings. The predicted molar refractivity (Wildman–Crippen MR) is 60.5 cm³/mol. The van der Waals surface area contributed by atoms with Crippen molar-refractivity contribution in [1.82, 2.24) is 4.90 Å². The molecule has 1 saturated heterocycles. The molecule has 0 aliphatic carbocycles. The van der Waals surface area contributed by atoms with Crippen molar-refractivity contribution in [1.29, 1.82) is 0 Å². The number of rotatable bonds is 5. The van der Waals surface area contributed by atoms with Crippen LogP contribution < -0.4 is 0 Å². The van der Waals surface area contributed by atoms with Gasteiger partial charge in [0.1, 0.15) is 0 Å². The lowest BCUT2D eigenvalue weighted by Gasteiger charge is -2.15. The van der Waals surface area contributed by atoms with Gasteiger partial charge in [0, 0.05) is 25.0 Å². The lowest BCUT2D eigenvalue weighted by Crippen LogP contribution is -2.32. The number of aliphatic hydroxyl groups is 1. The number of aliphatic hydroxyl groups excluding tert-OH is 1. The van der Waals surface area contributed by atoms with Crippen LogP contribution in [0.4, 0.5) is 0 Å². The van der Waals surface area contributed by atoms with Gasteiger partial charge in [0.15, 0.2) is 0 Å². The number of carbonyl (C=O) groups excluding carboxylic acids is 2. The van der Waals surface area contributed by atoms with E-state index in [1.807, 2.05) is 6.92 Å². The maximum Gasteiger partial charge on any atom is 0.232 e. The summed E-state index contributed by atoms with van der Waals surface area (Å²) >= 11 is 0. The van der Waals surface area contributed by atoms with Crippen molar-refractivity contribution in [2.24, 2.45) is 17.8 Å². The highest BCUT2D eigenvalue weighted by molar-refractivity contribution is 6.04. The average molecular weight is 227 g/mol. The van der Waals surface area contributed by atoms with Crippen LogP contribution >= 0.6 is 0 Å². The number of carbonyl (C=O) groups is 2. The van der Waals surface area contributed by atoms with Crippen molar-refractivity contribution in [2.45, 2.75) is 33.6 Å². The lowest BCUT2D eigenvalue weighted by molar-refractivity contribution is -0.139. The third-order valence-corrected chi connectivity index (χ3v) is 3.45. The van der Waals surface area contributed by atoms with Crippen LogP contribution in [0, 0.1) is 17.8 Å². The van der Waals surface area contributed by atoms with Gasteiger partial charge in [-0.1, -0.05) is 20.8 Å². The highest BCUT2D eigenvalue weighted by Crippen LogP contribution is 2.25. The topological polar surface area (TPSA) is 57.6 Å². The van der Waals surface area contributed by atoms with Gasteiger partial charge in [-0.2, -0.15) is 0 Å². The molecule has 2 amide bonds. The van der Waals surface area contributed by atoms with E-state index >= 15 is 0 Å². The smallest absolute Gasteiger partial charge is 0.232 e. The van der Waals surface area contributed by atoms with E-state index in [4.69, 9.17) is 5.11 Å². The molecule has 1 aliphatic rings. The predicted octanol–water partition coefficient (Wildman–Crippen LogP) is 1.04. The zero-order valence-corrected chi connectivity index (χ0v) is 10.3. The molecule has 16 heavy (non-hydrogen) atoms. The quantitative estimate of drug-likeness (QED) is 0.714. The molecule has 1 heterocycles. The summed E-state index contributed by atoms with van der Waals surface area (Å²) in [7, 11) is 0. The van der Waals surface area contributed by atoms with Crippen molar-refractivity contribution in [3.05, 3.63) is 0 Å². The maximum atomic E-state index is 11.7. The molecule has 1 rings (SSSR count). The molecule has 0 aromatic heterocycles. The molecule has 0 radical (unpaired) electrons. The molecule has 4 nitrogen and oxygen atoms in total. The fourth-order valence-electron chi connectivity index (χ4n) is 1.94. The second-order valence-corrected chi connectivity index (χ2v) is 4.84. The Morgan fingerprint density at radius 1 is 1.25 bits per heavy atom. The first kappa shape index (κ1) is 13.2. The normalized spacial score (nSPS) is 27.6. The van der Waals surface area contributed by atoms with E-state index in [9.17, 15) is 9.59 Å². The fourth-order valence-corrected chi connectivity index (χ4v) is 1.94. The van der Waals surface area contributed by atoms with Gasteiger partial charge in [-0.05, 0) is 18.8 Å². The summed E-state index contributed by atoms with van der Waals surface area (Å²) in [6.07, 6.45) is 1.62. The minimum atomic E-state index is -0.178. The van der Waals surface area contributed by atoms with Gasteiger partial charge >= 0.3 is 0 Å². The molecular weight excluding hydrogens is 206 g/mol. The molecule has 0 saturated carbocycles. The van der Waals surface area contributed by atoms with E-state index < -0.39 is 0 Å². The van der Waals surface area contributed by atoms with Gasteiger partial charge < -0.3 is 5.11 Å². The van der Waals surface area contributed by atoms with Crippen LogP contribution in [-0.2, 0) is 9.59 Å². The number of likely N-dealkylation sites (tertiary alicyclic amines) is 1. The van der Waals surface area contributed by atoms with E-state index in [2.05, 4.69) is 0 Å². The zero-order chi connectivity index (χ0) is 12.3. The van der Waals surface area contributed by atoms with Crippen molar-refractivity contribution in [2.75, 3.05) is 13.2 Å². The van der Waals surface area contributed by atoms with Gasteiger partial charge in [-0.15, -0.1) is 0 Å². The van der Waals surface area contributed by atoms with E-state index in [0.717, 1.165) is 12.8 Å². The van der Waals surface area contributed by atoms with Crippen LogP contribution in [-0.4, -0.2) is 35.0 Å². The average Bonchev–Trinajstić information content (AvgIpc) is 2.46. The molecule has 0 spiro atoms. The largest absolute Gasteiger partial charge is 0.396 e. The first-order chi connectivity index (χ1) is 7.49. The van der Waals surface area contributed by atoms with E-state index in [0.29, 0.717) is 6.54 Å². The molecule has 3 unspecified atom stereocenters. The Morgan fingerprint density at radius 2 is 1.75 bits per heavy atom. The SMILES string of the molecule is CC(CO)CCCN1C(=O)C(C)C(C)C1=O. The maximum absolute atomic E-state index is 11.7. The lowest BCUT2D eigenvalue weighted by atomic mass is 10.00. The van der Waals surface area contributed by atoms with E-state index in [-0.39, 0.29) is 36.2 Å². The third kappa shape index (κ3) is 2.61. The summed E-state index contributed by atoms with van der Waals surface area (Å²) in [5.74, 6) is -0.212. The Balaban J connectivity index is 2.43. The summed E-state index contributed by atoms with van der Waals surface area (Å²) in [5, 5.41) is 8.87. The first-order valence-electron chi connectivity index (χ1n) is 5.95. The zero-order valence-electron chi connectivity index (χ0n) is 10.3. The fraction of sp³-hybridized carbons (Fsp3) is 0.833. The van der Waals surface area contributed by atoms with Crippen LogP contribution in [0.25, 0.3) is 0 Å². The van der Waals surface area contributed by atoms with Crippen molar-refractivity contribution >= 4 is 11.8 Å². The van der Waals surface area contributed by atoms with Gasteiger partial charge in [0.05, 0.1) is 0 Å². The standard InChI is InChI=1S/C12H21NO3/c1-8(7-14)5-4-6-13-11(15)9(2)10(3)12(13)16/h8-10,14H,4-7H2,1-3H3. The molecule has 3 atom stereocenters. The highest BCUT2D eigenvalue weighted by atomic mass is 16.3. The Labute approximate surface area is 96.6 Å². The summed E-state index contributed by atoms with van der Waals surface area (Å²) in [4.78, 5) is 24.8. The molecule has 92 valence electrons. The Hall–Kier alpha value is -0.900. The van der Waals surface area contributed by atoms with Crippen LogP contribution in [0.1, 0.15) is 33.6 Å². The number of hydrogen-bond donors (Lipinski definition) is 1. The summed E-state index contributed by atoms with van der Waals surface area (Å²) in [6.45, 7) is 6.23. The van der Waals surface area contributed by atoms with E-state index in [1.54, 1.807) is 13.8 Å². The van der Waals surface area contributed by atoms with Gasteiger partial charge in [0.25, 0.3) is 0 Å². The monoisotopic (exact) mass is 227 g/mol. The molecule has 1 N–H and O–H groups in total. The Bertz CT molecular complexity index is 257. The molecular formula is C12H21NO3. The van der Waals surface area contributed by atoms with Crippen LogP contribution in [0.5, 0.6) is 0 Å². The second-order valence-electron chi connectivity index (χ2n) is 4.84. The van der Waals surface area contributed by atoms with Gasteiger partial charge in [-0.25, -0.2) is 0 Å². The van der Waals surface area contributed by atoms with Gasteiger partial charge in [0.2, 0.25) is 11.8 Å². The first-order valence-corrected chi connectivity index (χ1v) is 5.95. The summed E-state index contributed by atoms with van der Waals surface area (Å²) < 4.78 is 0. The minimum Gasteiger partial charge on any atom is -0.396 e. The van der Waals surface area contributed by atoms with Crippen molar-refractivity contribution < 1.29 is 14.7 Å². The third-order valence-electron chi connectivity index (χ3n) is 3.45. The van der Waals surface area contributed by atoms with Crippen LogP contribution in [0.3, 0.4) is 0 Å². The molecule has 1 fully saturated rings. The number of amides is 2. The summed E-state index contributed by atoms with van der Waals surface area (Å²) in [6, 6.07) is 0. The van der Waals surface area contributed by atoms with Crippen molar-refractivity contribution in [3.63, 3.8) is 0 Å². The Morgan fingerprint density at radius 3 is 2.19 bits per heavy atom. The Kier molecular flexibility index (Phi) is 4.47. The molecule has 1 aliphatic heterocycles. The number of hydrogen-bond acceptors (Lipinski definition) is 3. The van der Waals surface area contributed by atoms with E-state index in [1.165, 1.54) is 4.90 Å². The minimum absolute atomic E-state index is 0.0471. The molecule has 4 heteroatoms. The molecule has 0 bridgehead atoms. The second kappa shape index (κ2) is 5.43. The van der Waals surface area contributed by atoms with Crippen molar-refractivity contribution in [3.8, 4) is 0 Å². The van der Waals surface area contributed by atoms with Crippen LogP contribution in [0.15, 0.2) is 0 Å².